The molecule has 1 saturated heterocycles. The van der Waals surface area contributed by atoms with Crippen molar-refractivity contribution in [3.8, 4) is 0 Å². The summed E-state index contributed by atoms with van der Waals surface area (Å²) >= 11 is 0. The third kappa shape index (κ3) is 2.94. The second-order valence-electron chi connectivity index (χ2n) is 11.3. The predicted molar refractivity (Wildman–Crippen MR) is 111 cm³/mol. The van der Waals surface area contributed by atoms with E-state index in [1.54, 1.807) is 5.57 Å². The summed E-state index contributed by atoms with van der Waals surface area (Å²) in [7, 11) is 0. The molecule has 3 heteroatoms. The first-order valence-electron chi connectivity index (χ1n) is 12.0. The number of aliphatic hydroxyl groups excluding tert-OH is 1. The van der Waals surface area contributed by atoms with E-state index in [-0.39, 0.29) is 6.10 Å². The Balaban J connectivity index is 1.36. The Morgan fingerprint density at radius 3 is 2.79 bits per heavy atom. The molecule has 9 atom stereocenters. The van der Waals surface area contributed by atoms with E-state index in [0.717, 1.165) is 43.8 Å². The largest absolute Gasteiger partial charge is 0.393 e. The molecule has 158 valence electrons. The van der Waals surface area contributed by atoms with Gasteiger partial charge in [0.15, 0.2) is 0 Å². The van der Waals surface area contributed by atoms with Crippen LogP contribution in [0.2, 0.25) is 0 Å². The van der Waals surface area contributed by atoms with Crippen molar-refractivity contribution in [2.75, 3.05) is 13.2 Å². The van der Waals surface area contributed by atoms with Crippen LogP contribution in [0.5, 0.6) is 0 Å². The molecule has 0 amide bonds. The van der Waals surface area contributed by atoms with Gasteiger partial charge in [0, 0.05) is 6.61 Å². The molecule has 0 spiro atoms. The van der Waals surface area contributed by atoms with Crippen LogP contribution >= 0.6 is 0 Å². The number of hydrogen-bond acceptors (Lipinski definition) is 3. The number of ether oxygens (including phenoxy) is 2. The monoisotopic (exact) mass is 388 g/mol. The Morgan fingerprint density at radius 2 is 2.00 bits per heavy atom. The second-order valence-corrected chi connectivity index (χ2v) is 11.3. The van der Waals surface area contributed by atoms with E-state index in [2.05, 4.69) is 26.8 Å². The van der Waals surface area contributed by atoms with Gasteiger partial charge in [-0.15, -0.1) is 0 Å². The number of fused-ring (bicyclic) bond motifs is 5. The van der Waals surface area contributed by atoms with Gasteiger partial charge < -0.3 is 14.6 Å². The minimum Gasteiger partial charge on any atom is -0.393 e. The molecule has 28 heavy (non-hydrogen) atoms. The van der Waals surface area contributed by atoms with Crippen LogP contribution in [0.15, 0.2) is 11.6 Å². The maximum Gasteiger partial charge on any atom is 0.0813 e. The molecule has 5 aliphatic rings. The topological polar surface area (TPSA) is 38.7 Å². The summed E-state index contributed by atoms with van der Waals surface area (Å²) in [6.45, 7) is 9.05. The Labute approximate surface area is 171 Å². The van der Waals surface area contributed by atoms with Crippen molar-refractivity contribution in [3.63, 3.8) is 0 Å². The van der Waals surface area contributed by atoms with Crippen molar-refractivity contribution < 1.29 is 14.6 Å². The zero-order valence-corrected chi connectivity index (χ0v) is 18.2. The van der Waals surface area contributed by atoms with E-state index in [1.165, 1.54) is 44.9 Å². The van der Waals surface area contributed by atoms with Crippen LogP contribution in [-0.2, 0) is 9.47 Å². The molecular formula is C25H40O3. The second kappa shape index (κ2) is 7.10. The summed E-state index contributed by atoms with van der Waals surface area (Å²) in [5, 5.41) is 10.4. The van der Waals surface area contributed by atoms with Gasteiger partial charge in [0.25, 0.3) is 0 Å². The van der Waals surface area contributed by atoms with Crippen LogP contribution in [0.4, 0.5) is 0 Å². The van der Waals surface area contributed by atoms with Gasteiger partial charge in [0.2, 0.25) is 0 Å². The lowest BCUT2D eigenvalue weighted by molar-refractivity contribution is -0.141. The zero-order chi connectivity index (χ0) is 19.5. The van der Waals surface area contributed by atoms with Crippen molar-refractivity contribution >= 4 is 0 Å². The van der Waals surface area contributed by atoms with E-state index >= 15 is 0 Å². The Morgan fingerprint density at radius 1 is 1.14 bits per heavy atom. The van der Waals surface area contributed by atoms with E-state index in [1.807, 2.05) is 0 Å². The van der Waals surface area contributed by atoms with Gasteiger partial charge >= 0.3 is 0 Å². The lowest BCUT2D eigenvalue weighted by atomic mass is 9.47. The Bertz CT molecular complexity index is 623. The van der Waals surface area contributed by atoms with Gasteiger partial charge in [-0.05, 0) is 92.3 Å². The maximum atomic E-state index is 10.4. The molecule has 1 aliphatic heterocycles. The smallest absolute Gasteiger partial charge is 0.0813 e. The van der Waals surface area contributed by atoms with Crippen LogP contribution < -0.4 is 0 Å². The zero-order valence-electron chi connectivity index (χ0n) is 18.2. The lowest BCUT2D eigenvalue weighted by Gasteiger charge is -2.58. The summed E-state index contributed by atoms with van der Waals surface area (Å²) in [5.74, 6) is 2.85. The standard InChI is InChI=1S/C25H40O3/c1-16-14-25(3)17(13-22(16)26)6-7-19-20-8-9-23(24(20,2)11-10-21(19)25)28-18-5-4-12-27-15-18/h6,16,18-23,26H,4-5,7-15H2,1-3H3/t16-,18?,19+,20+,21+,22-,23+,24+,25+/m1/s1. The van der Waals surface area contributed by atoms with Crippen LogP contribution in [0.1, 0.15) is 78.6 Å². The average molecular weight is 389 g/mol. The molecule has 0 aromatic carbocycles. The highest BCUT2D eigenvalue weighted by Gasteiger charge is 2.59. The fraction of sp³-hybridized carbons (Fsp3) is 0.920. The van der Waals surface area contributed by atoms with Gasteiger partial charge in [-0.2, -0.15) is 0 Å². The molecule has 0 radical (unpaired) electrons. The first kappa shape index (κ1) is 19.6. The third-order valence-electron chi connectivity index (χ3n) is 9.85. The van der Waals surface area contributed by atoms with Crippen molar-refractivity contribution in [2.24, 2.45) is 34.5 Å². The quantitative estimate of drug-likeness (QED) is 0.667. The normalized spacial score (nSPS) is 53.7. The van der Waals surface area contributed by atoms with Gasteiger partial charge in [0.1, 0.15) is 0 Å². The minimum atomic E-state index is -0.133. The number of hydrogen-bond donors (Lipinski definition) is 1. The summed E-state index contributed by atoms with van der Waals surface area (Å²) in [6, 6.07) is 0. The highest BCUT2D eigenvalue weighted by atomic mass is 16.5. The van der Waals surface area contributed by atoms with Crippen LogP contribution in [-0.4, -0.2) is 36.6 Å². The van der Waals surface area contributed by atoms with Crippen LogP contribution in [0, 0.1) is 34.5 Å². The molecule has 0 aromatic rings. The maximum absolute atomic E-state index is 10.4. The molecule has 4 fully saturated rings. The molecule has 3 saturated carbocycles. The predicted octanol–water partition coefficient (Wildman–Crippen LogP) is 5.12. The van der Waals surface area contributed by atoms with Crippen molar-refractivity contribution in [1.29, 1.82) is 0 Å². The fourth-order valence-electron chi connectivity index (χ4n) is 8.21. The van der Waals surface area contributed by atoms with E-state index < -0.39 is 0 Å². The summed E-state index contributed by atoms with van der Waals surface area (Å²) in [4.78, 5) is 0. The van der Waals surface area contributed by atoms with E-state index in [0.29, 0.717) is 29.0 Å². The number of rotatable bonds is 2. The van der Waals surface area contributed by atoms with Crippen LogP contribution in [0.3, 0.4) is 0 Å². The van der Waals surface area contributed by atoms with Crippen molar-refractivity contribution in [2.45, 2.75) is 96.9 Å². The Hall–Kier alpha value is -0.380. The van der Waals surface area contributed by atoms with Crippen molar-refractivity contribution in [3.05, 3.63) is 11.6 Å². The molecule has 1 N–H and O–H groups in total. The van der Waals surface area contributed by atoms with Gasteiger partial charge in [-0.25, -0.2) is 0 Å². The molecular weight excluding hydrogens is 348 g/mol. The first-order valence-corrected chi connectivity index (χ1v) is 12.0. The van der Waals surface area contributed by atoms with E-state index in [4.69, 9.17) is 9.47 Å². The van der Waals surface area contributed by atoms with Crippen LogP contribution in [0.25, 0.3) is 0 Å². The van der Waals surface area contributed by atoms with Gasteiger partial charge in [-0.1, -0.05) is 32.4 Å². The van der Waals surface area contributed by atoms with Crippen molar-refractivity contribution in [1.82, 2.24) is 0 Å². The molecule has 5 rings (SSSR count). The Kier molecular flexibility index (Phi) is 4.96. The molecule has 3 nitrogen and oxygen atoms in total. The van der Waals surface area contributed by atoms with Gasteiger partial charge in [0.05, 0.1) is 24.9 Å². The first-order chi connectivity index (χ1) is 13.4. The third-order valence-corrected chi connectivity index (χ3v) is 9.85. The van der Waals surface area contributed by atoms with Gasteiger partial charge in [-0.3, -0.25) is 0 Å². The molecule has 4 aliphatic carbocycles. The highest BCUT2D eigenvalue weighted by molar-refractivity contribution is 5.26. The highest BCUT2D eigenvalue weighted by Crippen LogP contribution is 2.65. The summed E-state index contributed by atoms with van der Waals surface area (Å²) < 4.78 is 12.4. The summed E-state index contributed by atoms with van der Waals surface area (Å²) in [6.07, 6.45) is 14.0. The molecule has 1 unspecified atom stereocenters. The SMILES string of the molecule is C[C@@H]1C[C@@]2(C)C(=CC[C@H]3[C@@H]4CC[C@H](OC5CCCOC5)[C@@]4(C)CC[C@@H]32)C[C@H]1O. The lowest BCUT2D eigenvalue weighted by Crippen LogP contribution is -2.52. The number of aliphatic hydroxyl groups is 1. The molecule has 0 aromatic heterocycles. The average Bonchev–Trinajstić information content (AvgIpc) is 3.00. The minimum absolute atomic E-state index is 0.133. The van der Waals surface area contributed by atoms with E-state index in [9.17, 15) is 5.11 Å². The number of allylic oxidation sites excluding steroid dienone is 1. The summed E-state index contributed by atoms with van der Waals surface area (Å²) in [5.41, 5.74) is 2.24. The fourth-order valence-corrected chi connectivity index (χ4v) is 8.21. The molecule has 0 bridgehead atoms. The molecule has 1 heterocycles.